The summed E-state index contributed by atoms with van der Waals surface area (Å²) in [6, 6.07) is 4.23. The summed E-state index contributed by atoms with van der Waals surface area (Å²) in [6.45, 7) is 4.62. The van der Waals surface area contributed by atoms with Crippen molar-refractivity contribution in [3.8, 4) is 0 Å². The molecule has 1 aromatic rings. The lowest BCUT2D eigenvalue weighted by molar-refractivity contribution is 0.0776. The van der Waals surface area contributed by atoms with E-state index in [9.17, 15) is 4.39 Å². The topological polar surface area (TPSA) is 35.2 Å². The van der Waals surface area contributed by atoms with Crippen LogP contribution >= 0.6 is 11.6 Å². The molecule has 16 heavy (non-hydrogen) atoms. The number of rotatable bonds is 5. The first-order valence-corrected chi connectivity index (χ1v) is 5.63. The molecule has 0 fully saturated rings. The van der Waals surface area contributed by atoms with Crippen molar-refractivity contribution in [1.29, 1.82) is 0 Å². The molecule has 0 spiro atoms. The molecule has 1 aromatic carbocycles. The average Bonchev–Trinajstić information content (AvgIpc) is 2.23. The maximum Gasteiger partial charge on any atom is 0.123 e. The Morgan fingerprint density at radius 2 is 2.19 bits per heavy atom. The third-order valence-corrected chi connectivity index (χ3v) is 2.87. The van der Waals surface area contributed by atoms with Crippen molar-refractivity contribution >= 4 is 11.6 Å². The van der Waals surface area contributed by atoms with E-state index < -0.39 is 0 Å². The highest BCUT2D eigenvalue weighted by molar-refractivity contribution is 6.31. The largest absolute Gasteiger partial charge is 0.375 e. The molecule has 1 rings (SSSR count). The van der Waals surface area contributed by atoms with Gasteiger partial charge in [-0.15, -0.1) is 0 Å². The van der Waals surface area contributed by atoms with E-state index in [1.165, 1.54) is 18.2 Å². The summed E-state index contributed by atoms with van der Waals surface area (Å²) in [5.74, 6) is -0.311. The summed E-state index contributed by atoms with van der Waals surface area (Å²) < 4.78 is 18.4. The second-order valence-corrected chi connectivity index (χ2v) is 4.64. The van der Waals surface area contributed by atoms with Gasteiger partial charge in [0.2, 0.25) is 0 Å². The zero-order valence-electron chi connectivity index (χ0n) is 9.59. The van der Waals surface area contributed by atoms with E-state index >= 15 is 0 Å². The Morgan fingerprint density at radius 1 is 1.50 bits per heavy atom. The van der Waals surface area contributed by atoms with Crippen LogP contribution in [-0.4, -0.2) is 12.1 Å². The Balaban J connectivity index is 2.52. The predicted molar refractivity (Wildman–Crippen MR) is 63.9 cm³/mol. The molecule has 0 heterocycles. The quantitative estimate of drug-likeness (QED) is 0.865. The van der Waals surface area contributed by atoms with Gasteiger partial charge in [-0.3, -0.25) is 0 Å². The van der Waals surface area contributed by atoms with Gasteiger partial charge in [0.25, 0.3) is 0 Å². The van der Waals surface area contributed by atoms with E-state index in [4.69, 9.17) is 22.1 Å². The standard InChI is InChI=1S/C12H17ClFNO/c1-3-12(2,15)8-16-7-9-6-10(14)4-5-11(9)13/h4-6H,3,7-8,15H2,1-2H3. The molecule has 4 heteroatoms. The summed E-state index contributed by atoms with van der Waals surface area (Å²) in [5, 5.41) is 0.511. The van der Waals surface area contributed by atoms with Crippen molar-refractivity contribution in [2.24, 2.45) is 5.73 Å². The molecule has 0 radical (unpaired) electrons. The van der Waals surface area contributed by atoms with Crippen molar-refractivity contribution in [3.63, 3.8) is 0 Å². The number of hydrogen-bond acceptors (Lipinski definition) is 2. The summed E-state index contributed by atoms with van der Waals surface area (Å²) in [7, 11) is 0. The molecule has 0 saturated heterocycles. The molecule has 0 amide bonds. The minimum absolute atomic E-state index is 0.281. The third-order valence-electron chi connectivity index (χ3n) is 2.50. The van der Waals surface area contributed by atoms with Crippen LogP contribution in [0, 0.1) is 5.82 Å². The van der Waals surface area contributed by atoms with E-state index in [1.54, 1.807) is 0 Å². The zero-order valence-corrected chi connectivity index (χ0v) is 10.4. The van der Waals surface area contributed by atoms with Gasteiger partial charge in [-0.1, -0.05) is 18.5 Å². The molecule has 0 aromatic heterocycles. The summed E-state index contributed by atoms with van der Waals surface area (Å²) in [4.78, 5) is 0. The van der Waals surface area contributed by atoms with Crippen LogP contribution in [0.3, 0.4) is 0 Å². The van der Waals surface area contributed by atoms with Crippen LogP contribution in [0.5, 0.6) is 0 Å². The number of nitrogens with two attached hydrogens (primary N) is 1. The van der Waals surface area contributed by atoms with Crippen molar-refractivity contribution in [1.82, 2.24) is 0 Å². The first kappa shape index (κ1) is 13.4. The predicted octanol–water partition coefficient (Wildman–Crippen LogP) is 3.12. The van der Waals surface area contributed by atoms with Gasteiger partial charge in [-0.2, -0.15) is 0 Å². The first-order valence-electron chi connectivity index (χ1n) is 5.25. The molecule has 0 aliphatic heterocycles. The maximum absolute atomic E-state index is 12.9. The van der Waals surface area contributed by atoms with Crippen molar-refractivity contribution in [2.45, 2.75) is 32.4 Å². The molecule has 0 saturated carbocycles. The monoisotopic (exact) mass is 245 g/mol. The minimum atomic E-state index is -0.347. The number of halogens is 2. The Kier molecular flexibility index (Phi) is 4.71. The Hall–Kier alpha value is -0.640. The van der Waals surface area contributed by atoms with Crippen LogP contribution in [0.4, 0.5) is 4.39 Å². The van der Waals surface area contributed by atoms with Gasteiger partial charge in [0.15, 0.2) is 0 Å². The van der Waals surface area contributed by atoms with Gasteiger partial charge in [-0.05, 0) is 37.1 Å². The summed E-state index contributed by atoms with van der Waals surface area (Å²) in [5.41, 5.74) is 6.22. The smallest absolute Gasteiger partial charge is 0.123 e. The van der Waals surface area contributed by atoms with Gasteiger partial charge < -0.3 is 10.5 Å². The van der Waals surface area contributed by atoms with Crippen LogP contribution in [-0.2, 0) is 11.3 Å². The maximum atomic E-state index is 12.9. The molecule has 1 unspecified atom stereocenters. The van der Waals surface area contributed by atoms with E-state index in [0.717, 1.165) is 6.42 Å². The molecule has 90 valence electrons. The Bertz CT molecular complexity index is 355. The van der Waals surface area contributed by atoms with Crippen molar-refractivity contribution in [3.05, 3.63) is 34.6 Å². The molecule has 1 atom stereocenters. The fourth-order valence-corrected chi connectivity index (χ4v) is 1.32. The fourth-order valence-electron chi connectivity index (χ4n) is 1.15. The molecule has 2 nitrogen and oxygen atoms in total. The first-order chi connectivity index (χ1) is 7.44. The number of benzene rings is 1. The normalized spacial score (nSPS) is 14.8. The van der Waals surface area contributed by atoms with Crippen LogP contribution in [0.25, 0.3) is 0 Å². The van der Waals surface area contributed by atoms with E-state index in [0.29, 0.717) is 17.2 Å². The van der Waals surface area contributed by atoms with E-state index in [2.05, 4.69) is 0 Å². The molecule has 0 bridgehead atoms. The average molecular weight is 246 g/mol. The molecule has 0 aliphatic carbocycles. The third kappa shape index (κ3) is 4.08. The lowest BCUT2D eigenvalue weighted by Crippen LogP contribution is -2.40. The molecular formula is C12H17ClFNO. The van der Waals surface area contributed by atoms with Gasteiger partial charge in [0, 0.05) is 10.6 Å². The molecule has 2 N–H and O–H groups in total. The van der Waals surface area contributed by atoms with Gasteiger partial charge in [-0.25, -0.2) is 4.39 Å². The second kappa shape index (κ2) is 5.62. The summed E-state index contributed by atoms with van der Waals surface area (Å²) >= 11 is 5.90. The van der Waals surface area contributed by atoms with Crippen LogP contribution in [0.1, 0.15) is 25.8 Å². The second-order valence-electron chi connectivity index (χ2n) is 4.24. The number of hydrogen-bond donors (Lipinski definition) is 1. The van der Waals surface area contributed by atoms with Gasteiger partial charge in [0.1, 0.15) is 5.82 Å². The van der Waals surface area contributed by atoms with Crippen molar-refractivity contribution in [2.75, 3.05) is 6.61 Å². The molecule has 0 aliphatic rings. The minimum Gasteiger partial charge on any atom is -0.375 e. The lowest BCUT2D eigenvalue weighted by Gasteiger charge is -2.22. The van der Waals surface area contributed by atoms with Gasteiger partial charge >= 0.3 is 0 Å². The highest BCUT2D eigenvalue weighted by atomic mass is 35.5. The Labute approximate surface area is 101 Å². The zero-order chi connectivity index (χ0) is 12.2. The van der Waals surface area contributed by atoms with Crippen LogP contribution in [0.2, 0.25) is 5.02 Å². The van der Waals surface area contributed by atoms with Gasteiger partial charge in [0.05, 0.1) is 13.2 Å². The van der Waals surface area contributed by atoms with Crippen LogP contribution in [0.15, 0.2) is 18.2 Å². The fraction of sp³-hybridized carbons (Fsp3) is 0.500. The number of ether oxygens (including phenoxy) is 1. The van der Waals surface area contributed by atoms with E-state index in [1.807, 2.05) is 13.8 Å². The highest BCUT2D eigenvalue weighted by Gasteiger charge is 2.15. The SMILES string of the molecule is CCC(C)(N)COCc1cc(F)ccc1Cl. The molecular weight excluding hydrogens is 229 g/mol. The van der Waals surface area contributed by atoms with E-state index in [-0.39, 0.29) is 18.0 Å². The Morgan fingerprint density at radius 3 is 2.81 bits per heavy atom. The van der Waals surface area contributed by atoms with Crippen molar-refractivity contribution < 1.29 is 9.13 Å². The summed E-state index contributed by atoms with van der Waals surface area (Å²) in [6.07, 6.45) is 0.823. The van der Waals surface area contributed by atoms with Crippen LogP contribution < -0.4 is 5.73 Å². The lowest BCUT2D eigenvalue weighted by atomic mass is 10.0. The highest BCUT2D eigenvalue weighted by Crippen LogP contribution is 2.18.